The monoisotopic (exact) mass is 318 g/mol. The third-order valence-electron chi connectivity index (χ3n) is 2.27. The highest BCUT2D eigenvalue weighted by atomic mass is 79.9. The lowest BCUT2D eigenvalue weighted by atomic mass is 10.2. The van der Waals surface area contributed by atoms with Gasteiger partial charge in [-0.25, -0.2) is 4.68 Å². The van der Waals surface area contributed by atoms with Gasteiger partial charge in [-0.05, 0) is 30.7 Å². The molecule has 0 radical (unpaired) electrons. The lowest BCUT2D eigenvalue weighted by molar-refractivity contribution is 0.855. The fourth-order valence-electron chi connectivity index (χ4n) is 1.45. The first-order chi connectivity index (χ1) is 7.61. The van der Waals surface area contributed by atoms with Crippen molar-refractivity contribution >= 4 is 39.1 Å². The van der Waals surface area contributed by atoms with E-state index in [9.17, 15) is 0 Å². The van der Waals surface area contributed by atoms with Crippen molar-refractivity contribution in [1.29, 1.82) is 0 Å². The fraction of sp³-hybridized carbons (Fsp3) is 0.182. The van der Waals surface area contributed by atoms with Crippen LogP contribution in [0.25, 0.3) is 5.69 Å². The molecule has 0 aliphatic heterocycles. The Morgan fingerprint density at radius 3 is 2.69 bits per heavy atom. The zero-order chi connectivity index (χ0) is 11.7. The molecule has 0 unspecified atom stereocenters. The summed E-state index contributed by atoms with van der Waals surface area (Å²) >= 11 is 15.4. The van der Waals surface area contributed by atoms with Crippen LogP contribution in [0.3, 0.4) is 0 Å². The Kier molecular flexibility index (Phi) is 3.57. The van der Waals surface area contributed by atoms with Gasteiger partial charge >= 0.3 is 0 Å². The molecule has 1 aromatic carbocycles. The van der Waals surface area contributed by atoms with Crippen LogP contribution in [0.2, 0.25) is 10.0 Å². The van der Waals surface area contributed by atoms with Crippen LogP contribution in [-0.2, 0) is 5.33 Å². The van der Waals surface area contributed by atoms with Gasteiger partial charge in [-0.2, -0.15) is 5.10 Å². The van der Waals surface area contributed by atoms with Gasteiger partial charge in [-0.1, -0.05) is 39.1 Å². The summed E-state index contributed by atoms with van der Waals surface area (Å²) in [6, 6.07) is 5.69. The van der Waals surface area contributed by atoms with Crippen LogP contribution in [0.5, 0.6) is 0 Å². The molecule has 0 saturated heterocycles. The number of nitrogens with zero attached hydrogens (tertiary/aromatic N) is 2. The molecule has 0 aliphatic carbocycles. The van der Waals surface area contributed by atoms with E-state index in [4.69, 9.17) is 23.2 Å². The minimum atomic E-state index is 0.662. The quantitative estimate of drug-likeness (QED) is 0.751. The van der Waals surface area contributed by atoms with E-state index in [0.29, 0.717) is 10.0 Å². The van der Waals surface area contributed by atoms with E-state index in [1.807, 2.05) is 25.1 Å². The van der Waals surface area contributed by atoms with E-state index in [1.165, 1.54) is 0 Å². The Morgan fingerprint density at radius 1 is 1.38 bits per heavy atom. The molecule has 0 bridgehead atoms. The van der Waals surface area contributed by atoms with E-state index in [1.54, 1.807) is 10.9 Å². The van der Waals surface area contributed by atoms with Crippen molar-refractivity contribution in [3.8, 4) is 5.69 Å². The molecule has 0 spiro atoms. The van der Waals surface area contributed by atoms with E-state index in [-0.39, 0.29) is 0 Å². The first kappa shape index (κ1) is 12.0. The van der Waals surface area contributed by atoms with Gasteiger partial charge in [0.05, 0.1) is 16.4 Å². The summed E-state index contributed by atoms with van der Waals surface area (Å²) in [6.45, 7) is 1.88. The number of alkyl halides is 1. The van der Waals surface area contributed by atoms with E-state index >= 15 is 0 Å². The molecule has 2 rings (SSSR count). The van der Waals surface area contributed by atoms with Gasteiger partial charge in [-0.15, -0.1) is 0 Å². The molecule has 0 N–H and O–H groups in total. The summed E-state index contributed by atoms with van der Waals surface area (Å²) in [4.78, 5) is 0. The van der Waals surface area contributed by atoms with Crippen molar-refractivity contribution in [2.45, 2.75) is 12.3 Å². The first-order valence-corrected chi connectivity index (χ1v) is 6.56. The fourth-order valence-corrected chi connectivity index (χ4v) is 2.22. The number of halogens is 3. The maximum absolute atomic E-state index is 5.98. The van der Waals surface area contributed by atoms with Gasteiger partial charge in [-0.3, -0.25) is 0 Å². The Morgan fingerprint density at radius 2 is 2.12 bits per heavy atom. The van der Waals surface area contributed by atoms with Crippen molar-refractivity contribution in [1.82, 2.24) is 9.78 Å². The maximum atomic E-state index is 5.98. The molecule has 2 aromatic rings. The maximum Gasteiger partial charge on any atom is 0.0819 e. The number of aryl methyl sites for hydroxylation is 1. The molecule has 0 fully saturated rings. The van der Waals surface area contributed by atoms with Crippen LogP contribution in [0.4, 0.5) is 0 Å². The van der Waals surface area contributed by atoms with Crippen LogP contribution < -0.4 is 0 Å². The summed E-state index contributed by atoms with van der Waals surface area (Å²) in [6.07, 6.45) is 1.80. The molecule has 16 heavy (non-hydrogen) atoms. The molecular formula is C11H9BrCl2N2. The molecule has 0 aliphatic rings. The van der Waals surface area contributed by atoms with Gasteiger partial charge in [0.25, 0.3) is 0 Å². The van der Waals surface area contributed by atoms with E-state index < -0.39 is 0 Å². The van der Waals surface area contributed by atoms with E-state index in [0.717, 1.165) is 22.3 Å². The van der Waals surface area contributed by atoms with Crippen LogP contribution in [-0.4, -0.2) is 9.78 Å². The molecule has 5 heteroatoms. The lowest BCUT2D eigenvalue weighted by Crippen LogP contribution is -1.99. The topological polar surface area (TPSA) is 17.8 Å². The predicted octanol–water partition coefficient (Wildman–Crippen LogP) is 4.38. The number of hydrogen-bond donors (Lipinski definition) is 0. The molecule has 0 saturated carbocycles. The van der Waals surface area contributed by atoms with Crippen LogP contribution in [0.1, 0.15) is 11.3 Å². The molecule has 1 aromatic heterocycles. The standard InChI is InChI=1S/C11H9BrCl2N2/c1-7-10(14)6-16(15-7)11-3-2-9(13)4-8(11)5-12/h2-4,6H,5H2,1H3. The third kappa shape index (κ3) is 2.26. The largest absolute Gasteiger partial charge is 0.239 e. The van der Waals surface area contributed by atoms with Crippen molar-refractivity contribution in [3.63, 3.8) is 0 Å². The van der Waals surface area contributed by atoms with Crippen molar-refractivity contribution in [3.05, 3.63) is 45.7 Å². The van der Waals surface area contributed by atoms with Gasteiger partial charge < -0.3 is 0 Å². The van der Waals surface area contributed by atoms with Crippen molar-refractivity contribution in [2.24, 2.45) is 0 Å². The second-order valence-corrected chi connectivity index (χ2v) is 4.82. The van der Waals surface area contributed by atoms with Crippen LogP contribution >= 0.6 is 39.1 Å². The number of rotatable bonds is 2. The number of hydrogen-bond acceptors (Lipinski definition) is 1. The molecule has 0 amide bonds. The summed E-state index contributed by atoms with van der Waals surface area (Å²) in [5, 5.41) is 6.44. The lowest BCUT2D eigenvalue weighted by Gasteiger charge is -2.07. The summed E-state index contributed by atoms with van der Waals surface area (Å²) < 4.78 is 1.77. The smallest absolute Gasteiger partial charge is 0.0819 e. The average molecular weight is 320 g/mol. The molecular weight excluding hydrogens is 311 g/mol. The Labute approximate surface area is 112 Å². The van der Waals surface area contributed by atoms with Gasteiger partial charge in [0.15, 0.2) is 0 Å². The van der Waals surface area contributed by atoms with Crippen molar-refractivity contribution in [2.75, 3.05) is 0 Å². The minimum absolute atomic E-state index is 0.662. The second-order valence-electron chi connectivity index (χ2n) is 3.41. The van der Waals surface area contributed by atoms with Gasteiger partial charge in [0.2, 0.25) is 0 Å². The van der Waals surface area contributed by atoms with E-state index in [2.05, 4.69) is 21.0 Å². The zero-order valence-corrected chi connectivity index (χ0v) is 11.6. The number of benzene rings is 1. The highest BCUT2D eigenvalue weighted by molar-refractivity contribution is 9.08. The normalized spacial score (nSPS) is 10.8. The zero-order valence-electron chi connectivity index (χ0n) is 8.54. The Bertz CT molecular complexity index is 503. The van der Waals surface area contributed by atoms with Gasteiger partial charge in [0, 0.05) is 16.5 Å². The minimum Gasteiger partial charge on any atom is -0.239 e. The SMILES string of the molecule is Cc1nn(-c2ccc(Cl)cc2CBr)cc1Cl. The third-order valence-corrected chi connectivity index (χ3v) is 3.48. The molecule has 0 atom stereocenters. The van der Waals surface area contributed by atoms with Crippen LogP contribution in [0, 0.1) is 6.92 Å². The highest BCUT2D eigenvalue weighted by Gasteiger charge is 2.08. The predicted molar refractivity (Wildman–Crippen MR) is 71.0 cm³/mol. The molecule has 1 heterocycles. The molecule has 84 valence electrons. The first-order valence-electron chi connectivity index (χ1n) is 4.68. The highest BCUT2D eigenvalue weighted by Crippen LogP contribution is 2.23. The van der Waals surface area contributed by atoms with Gasteiger partial charge in [0.1, 0.15) is 0 Å². The summed E-state index contributed by atoms with van der Waals surface area (Å²) in [7, 11) is 0. The molecule has 2 nitrogen and oxygen atoms in total. The van der Waals surface area contributed by atoms with Crippen molar-refractivity contribution < 1.29 is 0 Å². The Balaban J connectivity index is 2.55. The Hall–Kier alpha value is -0.510. The second kappa shape index (κ2) is 4.78. The summed E-state index contributed by atoms with van der Waals surface area (Å²) in [5.41, 5.74) is 2.88. The number of aromatic nitrogens is 2. The summed E-state index contributed by atoms with van der Waals surface area (Å²) in [5.74, 6) is 0. The average Bonchev–Trinajstić information content (AvgIpc) is 2.59. The van der Waals surface area contributed by atoms with Crippen LogP contribution in [0.15, 0.2) is 24.4 Å².